The first-order valence-corrected chi connectivity index (χ1v) is 10.3. The molecule has 30 heavy (non-hydrogen) atoms. The second-order valence-electron chi connectivity index (χ2n) is 7.00. The van der Waals surface area contributed by atoms with Gasteiger partial charge in [0.2, 0.25) is 6.10 Å². The third-order valence-electron chi connectivity index (χ3n) is 4.80. The van der Waals surface area contributed by atoms with Gasteiger partial charge >= 0.3 is 5.97 Å². The Kier molecular flexibility index (Phi) is 7.49. The third kappa shape index (κ3) is 5.20. The number of rotatable bonds is 10. The quantitative estimate of drug-likeness (QED) is 0.492. The van der Waals surface area contributed by atoms with Gasteiger partial charge in [-0.3, -0.25) is 0 Å². The number of aliphatic carboxylic acids is 1. The second kappa shape index (κ2) is 10.3. The lowest BCUT2D eigenvalue weighted by Crippen LogP contribution is -2.18. The average Bonchev–Trinajstić information content (AvgIpc) is 3.06. The molecule has 1 heterocycles. The first-order chi connectivity index (χ1) is 14.5. The number of aliphatic hydroxyl groups is 1. The molecule has 0 saturated heterocycles. The molecule has 0 fully saturated rings. The van der Waals surface area contributed by atoms with Crippen LogP contribution in [0.4, 0.5) is 0 Å². The topological polar surface area (TPSA) is 84.6 Å². The Morgan fingerprint density at radius 3 is 2.47 bits per heavy atom. The van der Waals surface area contributed by atoms with Crippen molar-refractivity contribution in [1.29, 1.82) is 0 Å². The SMILES string of the molecule is CCCCc1nc(CO)c(Cl)n1Cc1ccc(OC(C(=O)O)c2ccccc2)cc1. The van der Waals surface area contributed by atoms with Crippen molar-refractivity contribution >= 4 is 17.6 Å². The second-order valence-corrected chi connectivity index (χ2v) is 7.36. The van der Waals surface area contributed by atoms with Crippen LogP contribution < -0.4 is 4.74 Å². The van der Waals surface area contributed by atoms with E-state index in [2.05, 4.69) is 11.9 Å². The van der Waals surface area contributed by atoms with Gasteiger partial charge < -0.3 is 19.5 Å². The predicted molar refractivity (Wildman–Crippen MR) is 115 cm³/mol. The minimum atomic E-state index is -1.08. The van der Waals surface area contributed by atoms with Crippen LogP contribution in [-0.2, 0) is 24.4 Å². The summed E-state index contributed by atoms with van der Waals surface area (Å²) in [6.07, 6.45) is 1.74. The molecule has 1 atom stereocenters. The fraction of sp³-hybridized carbons (Fsp3) is 0.304. The van der Waals surface area contributed by atoms with E-state index in [1.54, 1.807) is 36.4 Å². The van der Waals surface area contributed by atoms with Gasteiger partial charge in [-0.15, -0.1) is 0 Å². The monoisotopic (exact) mass is 428 g/mol. The normalized spacial score (nSPS) is 12.0. The summed E-state index contributed by atoms with van der Waals surface area (Å²) in [4.78, 5) is 16.1. The van der Waals surface area contributed by atoms with Crippen molar-refractivity contribution in [2.75, 3.05) is 0 Å². The standard InChI is InChI=1S/C23H25ClN2O4/c1-2-3-9-20-25-19(15-27)22(24)26(20)14-16-10-12-18(13-11-16)30-21(23(28)29)17-7-5-4-6-8-17/h4-8,10-13,21,27H,2-3,9,14-15H2,1H3,(H,28,29). The molecular formula is C23H25ClN2O4. The number of aromatic nitrogens is 2. The van der Waals surface area contributed by atoms with E-state index in [0.717, 1.165) is 30.7 Å². The van der Waals surface area contributed by atoms with E-state index in [9.17, 15) is 15.0 Å². The van der Waals surface area contributed by atoms with E-state index in [0.29, 0.717) is 28.7 Å². The van der Waals surface area contributed by atoms with Gasteiger partial charge in [0.25, 0.3) is 0 Å². The summed E-state index contributed by atoms with van der Waals surface area (Å²) >= 11 is 6.41. The number of unbranched alkanes of at least 4 members (excludes halogenated alkanes) is 1. The van der Waals surface area contributed by atoms with Gasteiger partial charge in [-0.2, -0.15) is 0 Å². The number of nitrogens with zero attached hydrogens (tertiary/aromatic N) is 2. The Balaban J connectivity index is 1.76. The highest BCUT2D eigenvalue weighted by Gasteiger charge is 2.21. The molecule has 7 heteroatoms. The Hall–Kier alpha value is -2.83. The van der Waals surface area contributed by atoms with Gasteiger partial charge in [0.15, 0.2) is 0 Å². The highest BCUT2D eigenvalue weighted by Crippen LogP contribution is 2.25. The fourth-order valence-corrected chi connectivity index (χ4v) is 3.46. The van der Waals surface area contributed by atoms with Crippen molar-refractivity contribution in [1.82, 2.24) is 9.55 Å². The number of carboxylic acids is 1. The van der Waals surface area contributed by atoms with Crippen molar-refractivity contribution in [2.24, 2.45) is 0 Å². The third-order valence-corrected chi connectivity index (χ3v) is 5.22. The number of hydrogen-bond donors (Lipinski definition) is 2. The summed E-state index contributed by atoms with van der Waals surface area (Å²) in [5.74, 6) is 0.266. The van der Waals surface area contributed by atoms with Crippen molar-refractivity contribution in [2.45, 2.75) is 45.4 Å². The van der Waals surface area contributed by atoms with Crippen LogP contribution in [0.15, 0.2) is 54.6 Å². The van der Waals surface area contributed by atoms with E-state index < -0.39 is 12.1 Å². The Morgan fingerprint density at radius 2 is 1.87 bits per heavy atom. The molecule has 3 aromatic rings. The number of imidazole rings is 1. The Bertz CT molecular complexity index is 971. The van der Waals surface area contributed by atoms with Gasteiger partial charge in [-0.05, 0) is 24.1 Å². The van der Waals surface area contributed by atoms with Gasteiger partial charge in [0, 0.05) is 12.0 Å². The van der Waals surface area contributed by atoms with Crippen LogP contribution in [0.3, 0.4) is 0 Å². The molecule has 1 unspecified atom stereocenters. The summed E-state index contributed by atoms with van der Waals surface area (Å²) < 4.78 is 7.62. The van der Waals surface area contributed by atoms with Crippen LogP contribution in [0.1, 0.15) is 48.5 Å². The number of carbonyl (C=O) groups is 1. The van der Waals surface area contributed by atoms with Crippen LogP contribution >= 0.6 is 11.6 Å². The van der Waals surface area contributed by atoms with Gasteiger partial charge in [0.1, 0.15) is 22.4 Å². The molecule has 158 valence electrons. The first kappa shape index (κ1) is 21.9. The summed E-state index contributed by atoms with van der Waals surface area (Å²) in [6.45, 7) is 2.42. The van der Waals surface area contributed by atoms with E-state index in [4.69, 9.17) is 16.3 Å². The average molecular weight is 429 g/mol. The molecule has 2 N–H and O–H groups in total. The minimum Gasteiger partial charge on any atom is -0.478 e. The minimum absolute atomic E-state index is 0.201. The number of ether oxygens (including phenoxy) is 1. The number of hydrogen-bond acceptors (Lipinski definition) is 4. The first-order valence-electron chi connectivity index (χ1n) is 9.91. The zero-order valence-corrected chi connectivity index (χ0v) is 17.5. The fourth-order valence-electron chi connectivity index (χ4n) is 3.20. The smallest absolute Gasteiger partial charge is 0.349 e. The Labute approximate surface area is 180 Å². The maximum atomic E-state index is 11.6. The van der Waals surface area contributed by atoms with E-state index in [1.165, 1.54) is 0 Å². The molecule has 0 saturated carbocycles. The van der Waals surface area contributed by atoms with Crippen LogP contribution in [-0.4, -0.2) is 25.7 Å². The van der Waals surface area contributed by atoms with Crippen molar-refractivity contribution in [3.8, 4) is 5.75 Å². The van der Waals surface area contributed by atoms with Crippen LogP contribution in [0.25, 0.3) is 0 Å². The largest absolute Gasteiger partial charge is 0.478 e. The summed E-state index contributed by atoms with van der Waals surface area (Å²) in [7, 11) is 0. The van der Waals surface area contributed by atoms with E-state index >= 15 is 0 Å². The molecule has 0 aliphatic rings. The van der Waals surface area contributed by atoms with Crippen molar-refractivity contribution < 1.29 is 19.7 Å². The maximum Gasteiger partial charge on any atom is 0.349 e. The molecule has 0 amide bonds. The molecular weight excluding hydrogens is 404 g/mol. The number of halogens is 1. The van der Waals surface area contributed by atoms with Crippen molar-refractivity contribution in [3.63, 3.8) is 0 Å². The molecule has 6 nitrogen and oxygen atoms in total. The summed E-state index contributed by atoms with van der Waals surface area (Å²) in [5.41, 5.74) is 2.03. The highest BCUT2D eigenvalue weighted by atomic mass is 35.5. The maximum absolute atomic E-state index is 11.6. The molecule has 0 bridgehead atoms. The molecule has 0 aliphatic heterocycles. The number of carboxylic acid groups (broad SMARTS) is 1. The van der Waals surface area contributed by atoms with Gasteiger partial charge in [-0.1, -0.05) is 67.4 Å². The lowest BCUT2D eigenvalue weighted by Gasteiger charge is -2.16. The molecule has 3 rings (SSSR count). The number of aryl methyl sites for hydroxylation is 1. The molecule has 0 aliphatic carbocycles. The molecule has 0 spiro atoms. The highest BCUT2D eigenvalue weighted by molar-refractivity contribution is 6.30. The van der Waals surface area contributed by atoms with Crippen LogP contribution in [0.5, 0.6) is 5.75 Å². The van der Waals surface area contributed by atoms with Crippen LogP contribution in [0, 0.1) is 0 Å². The number of benzene rings is 2. The van der Waals surface area contributed by atoms with Crippen LogP contribution in [0.2, 0.25) is 5.15 Å². The van der Waals surface area contributed by atoms with Gasteiger partial charge in [0.05, 0.1) is 13.2 Å². The lowest BCUT2D eigenvalue weighted by molar-refractivity contribution is -0.145. The summed E-state index contributed by atoms with van der Waals surface area (Å²) in [6, 6.07) is 16.1. The summed E-state index contributed by atoms with van der Waals surface area (Å²) in [5, 5.41) is 19.5. The number of aliphatic hydroxyl groups excluding tert-OH is 1. The zero-order chi connectivity index (χ0) is 21.5. The molecule has 1 aromatic heterocycles. The zero-order valence-electron chi connectivity index (χ0n) is 16.8. The van der Waals surface area contributed by atoms with Gasteiger partial charge in [-0.25, -0.2) is 9.78 Å². The Morgan fingerprint density at radius 1 is 1.17 bits per heavy atom. The molecule has 0 radical (unpaired) electrons. The predicted octanol–water partition coefficient (Wildman–Crippen LogP) is 4.62. The molecule has 2 aromatic carbocycles. The van der Waals surface area contributed by atoms with Crippen molar-refractivity contribution in [3.05, 3.63) is 82.4 Å². The lowest BCUT2D eigenvalue weighted by atomic mass is 10.1. The van der Waals surface area contributed by atoms with E-state index in [-0.39, 0.29) is 6.61 Å². The van der Waals surface area contributed by atoms with E-state index in [1.807, 2.05) is 22.8 Å².